The van der Waals surface area contributed by atoms with Gasteiger partial charge in [0.25, 0.3) is 0 Å². The van der Waals surface area contributed by atoms with Crippen LogP contribution in [-0.2, 0) is 0 Å². The Morgan fingerprint density at radius 2 is 1.68 bits per heavy atom. The first-order valence-corrected chi connectivity index (χ1v) is 9.25. The molecule has 1 aliphatic rings. The van der Waals surface area contributed by atoms with E-state index in [1.54, 1.807) is 0 Å². The Labute approximate surface area is 153 Å². The van der Waals surface area contributed by atoms with Crippen LogP contribution in [-0.4, -0.2) is 42.6 Å². The maximum absolute atomic E-state index is 6.07. The van der Waals surface area contributed by atoms with Crippen molar-refractivity contribution in [1.82, 2.24) is 9.88 Å². The number of para-hydroxylation sites is 1. The second-order valence-electron chi connectivity index (χ2n) is 6.47. The molecule has 1 aliphatic heterocycles. The van der Waals surface area contributed by atoms with Gasteiger partial charge in [0.2, 0.25) is 0 Å². The molecule has 0 saturated carbocycles. The van der Waals surface area contributed by atoms with E-state index >= 15 is 0 Å². The number of hydrogen-bond donors (Lipinski definition) is 0. The predicted octanol–water partition coefficient (Wildman–Crippen LogP) is 4.70. The van der Waals surface area contributed by atoms with Crippen LogP contribution in [0, 0.1) is 0 Å². The van der Waals surface area contributed by atoms with Gasteiger partial charge >= 0.3 is 0 Å². The summed E-state index contributed by atoms with van der Waals surface area (Å²) in [5.41, 5.74) is 3.44. The Bertz CT molecular complexity index is 868. The molecule has 1 saturated heterocycles. The molecule has 4 rings (SSSR count). The molecular weight excluding hydrogens is 330 g/mol. The molecule has 0 radical (unpaired) electrons. The Morgan fingerprint density at radius 1 is 0.960 bits per heavy atom. The van der Waals surface area contributed by atoms with Gasteiger partial charge in [-0.25, -0.2) is 4.98 Å². The third-order valence-corrected chi connectivity index (χ3v) is 5.25. The van der Waals surface area contributed by atoms with Gasteiger partial charge in [0.05, 0.1) is 5.52 Å². The van der Waals surface area contributed by atoms with Gasteiger partial charge in [0, 0.05) is 36.6 Å². The number of fused-ring (bicyclic) bond motifs is 1. The van der Waals surface area contributed by atoms with Crippen molar-refractivity contribution in [2.75, 3.05) is 37.6 Å². The summed E-state index contributed by atoms with van der Waals surface area (Å²) in [4.78, 5) is 9.82. The molecule has 0 spiro atoms. The van der Waals surface area contributed by atoms with Crippen molar-refractivity contribution in [1.29, 1.82) is 0 Å². The second-order valence-corrected chi connectivity index (χ2v) is 6.91. The third-order valence-electron chi connectivity index (χ3n) is 5.00. The molecule has 1 fully saturated rings. The SMILES string of the molecule is CCN1CCN(c2cc(-c3ccc(Cl)cc3)c3ccccc3n2)CC1. The summed E-state index contributed by atoms with van der Waals surface area (Å²) in [6.45, 7) is 7.60. The van der Waals surface area contributed by atoms with Gasteiger partial charge in [-0.1, -0.05) is 48.9 Å². The van der Waals surface area contributed by atoms with Crippen molar-refractivity contribution in [3.05, 3.63) is 59.6 Å². The molecular formula is C21H22ClN3. The summed E-state index contributed by atoms with van der Waals surface area (Å²) in [6.07, 6.45) is 0. The monoisotopic (exact) mass is 351 g/mol. The molecule has 128 valence electrons. The van der Waals surface area contributed by atoms with Crippen LogP contribution in [0.2, 0.25) is 5.02 Å². The largest absolute Gasteiger partial charge is 0.354 e. The molecule has 25 heavy (non-hydrogen) atoms. The number of likely N-dealkylation sites (N-methyl/N-ethyl adjacent to an activating group) is 1. The molecule has 1 aromatic heterocycles. The molecule has 0 N–H and O–H groups in total. The van der Waals surface area contributed by atoms with Gasteiger partial charge in [-0.3, -0.25) is 0 Å². The van der Waals surface area contributed by atoms with Gasteiger partial charge in [0.15, 0.2) is 0 Å². The Kier molecular flexibility index (Phi) is 4.60. The summed E-state index contributed by atoms with van der Waals surface area (Å²) < 4.78 is 0. The van der Waals surface area contributed by atoms with E-state index in [1.165, 1.54) is 16.5 Å². The van der Waals surface area contributed by atoms with Crippen LogP contribution in [0.4, 0.5) is 5.82 Å². The molecule has 3 nitrogen and oxygen atoms in total. The average molecular weight is 352 g/mol. The van der Waals surface area contributed by atoms with Crippen molar-refractivity contribution in [2.24, 2.45) is 0 Å². The number of pyridine rings is 1. The topological polar surface area (TPSA) is 19.4 Å². The molecule has 0 atom stereocenters. The van der Waals surface area contributed by atoms with E-state index in [4.69, 9.17) is 16.6 Å². The van der Waals surface area contributed by atoms with Crippen molar-refractivity contribution < 1.29 is 0 Å². The number of piperazine rings is 1. The first-order chi connectivity index (χ1) is 12.2. The number of rotatable bonds is 3. The highest BCUT2D eigenvalue weighted by molar-refractivity contribution is 6.30. The highest BCUT2D eigenvalue weighted by Crippen LogP contribution is 2.32. The summed E-state index contributed by atoms with van der Waals surface area (Å²) in [5, 5.41) is 1.94. The summed E-state index contributed by atoms with van der Waals surface area (Å²) in [5.74, 6) is 1.07. The molecule has 2 aromatic carbocycles. The standard InChI is InChI=1S/C21H22ClN3/c1-2-24-11-13-25(14-12-24)21-15-19(16-7-9-17(22)10-8-16)18-5-3-4-6-20(18)23-21/h3-10,15H,2,11-14H2,1H3. The molecule has 0 amide bonds. The lowest BCUT2D eigenvalue weighted by atomic mass is 10.0. The zero-order valence-corrected chi connectivity index (χ0v) is 15.2. The second kappa shape index (κ2) is 7.03. The van der Waals surface area contributed by atoms with Crippen LogP contribution in [0.15, 0.2) is 54.6 Å². The van der Waals surface area contributed by atoms with Crippen molar-refractivity contribution >= 4 is 28.3 Å². The van der Waals surface area contributed by atoms with E-state index in [-0.39, 0.29) is 0 Å². The van der Waals surface area contributed by atoms with E-state index in [9.17, 15) is 0 Å². The fourth-order valence-corrected chi connectivity index (χ4v) is 3.61. The Balaban J connectivity index is 1.77. The number of halogens is 1. The molecule has 0 unspecified atom stereocenters. The summed E-state index contributed by atoms with van der Waals surface area (Å²) in [7, 11) is 0. The van der Waals surface area contributed by atoms with E-state index in [0.717, 1.165) is 49.1 Å². The number of benzene rings is 2. The zero-order valence-electron chi connectivity index (χ0n) is 14.5. The minimum Gasteiger partial charge on any atom is -0.354 e. The van der Waals surface area contributed by atoms with Crippen molar-refractivity contribution in [3.8, 4) is 11.1 Å². The molecule has 0 aliphatic carbocycles. The molecule has 0 bridgehead atoms. The highest BCUT2D eigenvalue weighted by atomic mass is 35.5. The first-order valence-electron chi connectivity index (χ1n) is 8.87. The average Bonchev–Trinajstić information content (AvgIpc) is 2.68. The smallest absolute Gasteiger partial charge is 0.129 e. The predicted molar refractivity (Wildman–Crippen MR) is 107 cm³/mol. The summed E-state index contributed by atoms with van der Waals surface area (Å²) >= 11 is 6.07. The van der Waals surface area contributed by atoms with Gasteiger partial charge in [-0.05, 0) is 41.9 Å². The highest BCUT2D eigenvalue weighted by Gasteiger charge is 2.18. The number of anilines is 1. The lowest BCUT2D eigenvalue weighted by Gasteiger charge is -2.35. The van der Waals surface area contributed by atoms with Crippen LogP contribution >= 0.6 is 11.6 Å². The van der Waals surface area contributed by atoms with Gasteiger partial charge in [-0.2, -0.15) is 0 Å². The summed E-state index contributed by atoms with van der Waals surface area (Å²) in [6, 6.07) is 18.7. The third kappa shape index (κ3) is 3.35. The lowest BCUT2D eigenvalue weighted by molar-refractivity contribution is 0.270. The van der Waals surface area contributed by atoms with E-state index in [2.05, 4.69) is 59.2 Å². The lowest BCUT2D eigenvalue weighted by Crippen LogP contribution is -2.46. The normalized spacial score (nSPS) is 15.7. The molecule has 2 heterocycles. The molecule has 3 aromatic rings. The van der Waals surface area contributed by atoms with Crippen LogP contribution in [0.5, 0.6) is 0 Å². The fourth-order valence-electron chi connectivity index (χ4n) is 3.48. The fraction of sp³-hybridized carbons (Fsp3) is 0.286. The van der Waals surface area contributed by atoms with Gasteiger partial charge in [-0.15, -0.1) is 0 Å². The zero-order chi connectivity index (χ0) is 17.2. The molecule has 4 heteroatoms. The Morgan fingerprint density at radius 3 is 2.40 bits per heavy atom. The van der Waals surface area contributed by atoms with E-state index in [1.807, 2.05) is 12.1 Å². The van der Waals surface area contributed by atoms with Crippen LogP contribution in [0.25, 0.3) is 22.0 Å². The number of hydrogen-bond acceptors (Lipinski definition) is 3. The minimum atomic E-state index is 0.762. The van der Waals surface area contributed by atoms with Crippen molar-refractivity contribution in [2.45, 2.75) is 6.92 Å². The van der Waals surface area contributed by atoms with Crippen LogP contribution in [0.3, 0.4) is 0 Å². The van der Waals surface area contributed by atoms with E-state index < -0.39 is 0 Å². The van der Waals surface area contributed by atoms with Crippen LogP contribution < -0.4 is 4.90 Å². The van der Waals surface area contributed by atoms with Gasteiger partial charge < -0.3 is 9.80 Å². The number of nitrogens with zero attached hydrogens (tertiary/aromatic N) is 3. The van der Waals surface area contributed by atoms with E-state index in [0.29, 0.717) is 0 Å². The quantitative estimate of drug-likeness (QED) is 0.682. The Hall–Kier alpha value is -2.10. The minimum absolute atomic E-state index is 0.762. The maximum Gasteiger partial charge on any atom is 0.129 e. The first kappa shape index (κ1) is 16.4. The van der Waals surface area contributed by atoms with Crippen LogP contribution in [0.1, 0.15) is 6.92 Å². The van der Waals surface area contributed by atoms with Crippen molar-refractivity contribution in [3.63, 3.8) is 0 Å². The maximum atomic E-state index is 6.07. The van der Waals surface area contributed by atoms with Gasteiger partial charge in [0.1, 0.15) is 5.82 Å². The number of aromatic nitrogens is 1.